The van der Waals surface area contributed by atoms with Gasteiger partial charge < -0.3 is 10.0 Å². The summed E-state index contributed by atoms with van der Waals surface area (Å²) in [6.07, 6.45) is 0. The van der Waals surface area contributed by atoms with Gasteiger partial charge in [-0.25, -0.2) is 0 Å². The molecule has 0 saturated carbocycles. The third-order valence-corrected chi connectivity index (χ3v) is 1.70. The lowest BCUT2D eigenvalue weighted by Gasteiger charge is -2.12. The van der Waals surface area contributed by atoms with Gasteiger partial charge in [-0.3, -0.25) is 0 Å². The van der Waals surface area contributed by atoms with Gasteiger partial charge in [0.1, 0.15) is 13.7 Å². The van der Waals surface area contributed by atoms with Crippen LogP contribution in [0.2, 0.25) is 0 Å². The molecule has 0 unspecified atom stereocenters. The minimum Gasteiger partial charge on any atom is -0.569 e. The first-order chi connectivity index (χ1) is 6.74. The van der Waals surface area contributed by atoms with E-state index in [0.29, 0.717) is 11.5 Å². The Morgan fingerprint density at radius 2 is 2.07 bits per heavy atom. The predicted octanol–water partition coefficient (Wildman–Crippen LogP) is 1.56. The van der Waals surface area contributed by atoms with Crippen molar-refractivity contribution in [2.75, 3.05) is 14.2 Å². The third-order valence-electron chi connectivity index (χ3n) is 1.70. The van der Waals surface area contributed by atoms with Crippen LogP contribution >= 0.6 is 0 Å². The second-order valence-corrected chi connectivity index (χ2v) is 2.82. The lowest BCUT2D eigenvalue weighted by atomic mass is 10.2. The molecule has 1 aromatic carbocycles. The van der Waals surface area contributed by atoms with Gasteiger partial charge in [-0.1, -0.05) is 30.3 Å². The van der Waals surface area contributed by atoms with Gasteiger partial charge in [0.2, 0.25) is 5.28 Å². The summed E-state index contributed by atoms with van der Waals surface area (Å²) in [4.78, 5) is 4.77. The van der Waals surface area contributed by atoms with E-state index in [9.17, 15) is 5.21 Å². The van der Waals surface area contributed by atoms with Gasteiger partial charge in [-0.05, 0) is 5.56 Å². The van der Waals surface area contributed by atoms with E-state index in [2.05, 4.69) is 10.1 Å². The molecular weight excluding hydrogens is 182 g/mol. The molecule has 0 N–H and O–H groups in total. The van der Waals surface area contributed by atoms with Crippen molar-refractivity contribution in [1.82, 2.24) is 5.01 Å². The quantitative estimate of drug-likeness (QED) is 0.416. The molecule has 0 aromatic heterocycles. The molecule has 5 nitrogen and oxygen atoms in total. The molecule has 0 bridgehead atoms. The Balaban J connectivity index is 2.57. The van der Waals surface area contributed by atoms with Gasteiger partial charge in [-0.2, -0.15) is 0 Å². The molecular formula is C9H13N3O2. The minimum atomic E-state index is 0.410. The summed E-state index contributed by atoms with van der Waals surface area (Å²) in [5, 5.41) is 15.7. The summed E-state index contributed by atoms with van der Waals surface area (Å²) in [6, 6.07) is 9.66. The highest BCUT2D eigenvalue weighted by molar-refractivity contribution is 5.13. The first-order valence-electron chi connectivity index (χ1n) is 4.20. The lowest BCUT2D eigenvalue weighted by Crippen LogP contribution is -2.25. The number of hydrogen-bond donors (Lipinski definition) is 0. The topological polar surface area (TPSA) is 50.9 Å². The van der Waals surface area contributed by atoms with Crippen molar-refractivity contribution in [1.29, 1.82) is 0 Å². The van der Waals surface area contributed by atoms with Crippen LogP contribution in [0.5, 0.6) is 0 Å². The summed E-state index contributed by atoms with van der Waals surface area (Å²) in [5.74, 6) is 0. The average molecular weight is 195 g/mol. The number of rotatable bonds is 4. The first kappa shape index (κ1) is 10.3. The maximum Gasteiger partial charge on any atom is 0.232 e. The van der Waals surface area contributed by atoms with Gasteiger partial charge in [0.05, 0.1) is 12.0 Å². The van der Waals surface area contributed by atoms with Crippen molar-refractivity contribution in [3.05, 3.63) is 41.1 Å². The van der Waals surface area contributed by atoms with Crippen molar-refractivity contribution in [2.24, 2.45) is 5.28 Å². The maximum atomic E-state index is 11.1. The third kappa shape index (κ3) is 2.93. The van der Waals surface area contributed by atoms with Crippen LogP contribution in [0.15, 0.2) is 35.6 Å². The van der Waals surface area contributed by atoms with E-state index in [1.54, 1.807) is 7.05 Å². The van der Waals surface area contributed by atoms with Gasteiger partial charge in [0.15, 0.2) is 0 Å². The Bertz CT molecular complexity index is 300. The van der Waals surface area contributed by atoms with E-state index in [1.165, 1.54) is 12.1 Å². The first-order valence-corrected chi connectivity index (χ1v) is 4.20. The summed E-state index contributed by atoms with van der Waals surface area (Å²) in [6.45, 7) is 0.497. The fourth-order valence-corrected chi connectivity index (χ4v) is 1.04. The Morgan fingerprint density at radius 3 is 2.64 bits per heavy atom. The zero-order valence-corrected chi connectivity index (χ0v) is 8.25. The standard InChI is InChI=1S/C9H13N3O2/c1-11(12(13)10-14-2)8-9-6-4-3-5-7-9/h3-7H,8H2,1-2H3/b12-10-. The summed E-state index contributed by atoms with van der Waals surface area (Å²) >= 11 is 0. The summed E-state index contributed by atoms with van der Waals surface area (Å²) in [5.41, 5.74) is 1.04. The largest absolute Gasteiger partial charge is 0.569 e. The van der Waals surface area contributed by atoms with Crippen molar-refractivity contribution in [3.8, 4) is 0 Å². The SMILES string of the molecule is CO/N=[N+](\[O-])N(C)Cc1ccccc1. The molecule has 0 saturated heterocycles. The zero-order valence-electron chi connectivity index (χ0n) is 8.25. The van der Waals surface area contributed by atoms with Crippen LogP contribution in [-0.2, 0) is 11.4 Å². The van der Waals surface area contributed by atoms with Gasteiger partial charge in [0.25, 0.3) is 0 Å². The molecule has 0 heterocycles. The molecule has 0 aliphatic rings. The summed E-state index contributed by atoms with van der Waals surface area (Å²) in [7, 11) is 2.98. The number of hydrazine groups is 1. The zero-order chi connectivity index (χ0) is 10.4. The van der Waals surface area contributed by atoms with E-state index < -0.39 is 0 Å². The lowest BCUT2D eigenvalue weighted by molar-refractivity contribution is -0.708. The predicted molar refractivity (Wildman–Crippen MR) is 51.0 cm³/mol. The smallest absolute Gasteiger partial charge is 0.232 e. The average Bonchev–Trinajstić information content (AvgIpc) is 2.19. The second-order valence-electron chi connectivity index (χ2n) is 2.82. The molecule has 0 aliphatic heterocycles. The minimum absolute atomic E-state index is 0.410. The molecule has 0 fully saturated rings. The monoisotopic (exact) mass is 195 g/mol. The molecule has 1 aromatic rings. The van der Waals surface area contributed by atoms with Crippen LogP contribution in [-0.4, -0.2) is 24.1 Å². The van der Waals surface area contributed by atoms with E-state index >= 15 is 0 Å². The summed E-state index contributed by atoms with van der Waals surface area (Å²) < 4.78 is 0. The van der Waals surface area contributed by atoms with E-state index in [1.807, 2.05) is 30.3 Å². The van der Waals surface area contributed by atoms with Crippen molar-refractivity contribution in [3.63, 3.8) is 0 Å². The molecule has 0 atom stereocenters. The van der Waals surface area contributed by atoms with Crippen LogP contribution in [0.1, 0.15) is 5.56 Å². The highest BCUT2D eigenvalue weighted by Crippen LogP contribution is 2.02. The number of hydrogen-bond acceptors (Lipinski definition) is 3. The van der Waals surface area contributed by atoms with Crippen molar-refractivity contribution >= 4 is 0 Å². The maximum absolute atomic E-state index is 11.1. The van der Waals surface area contributed by atoms with E-state index in [0.717, 1.165) is 5.56 Å². The van der Waals surface area contributed by atoms with Crippen LogP contribution in [0.4, 0.5) is 0 Å². The molecule has 0 radical (unpaired) electrons. The van der Waals surface area contributed by atoms with Crippen molar-refractivity contribution < 1.29 is 9.81 Å². The molecule has 0 amide bonds. The van der Waals surface area contributed by atoms with E-state index in [4.69, 9.17) is 0 Å². The molecule has 14 heavy (non-hydrogen) atoms. The molecule has 1 rings (SSSR count). The Morgan fingerprint density at radius 1 is 1.43 bits per heavy atom. The second kappa shape index (κ2) is 5.06. The van der Waals surface area contributed by atoms with Gasteiger partial charge in [-0.15, -0.1) is 5.01 Å². The van der Waals surface area contributed by atoms with Gasteiger partial charge in [0, 0.05) is 0 Å². The van der Waals surface area contributed by atoms with Crippen LogP contribution in [0.25, 0.3) is 0 Å². The number of nitrogens with zero attached hydrogens (tertiary/aromatic N) is 3. The van der Waals surface area contributed by atoms with E-state index in [-0.39, 0.29) is 0 Å². The van der Waals surface area contributed by atoms with Gasteiger partial charge >= 0.3 is 0 Å². The fourth-order valence-electron chi connectivity index (χ4n) is 1.04. The van der Waals surface area contributed by atoms with Crippen LogP contribution in [0.3, 0.4) is 0 Å². The van der Waals surface area contributed by atoms with Crippen LogP contribution in [0, 0.1) is 5.21 Å². The molecule has 0 aliphatic carbocycles. The van der Waals surface area contributed by atoms with Crippen LogP contribution < -0.4 is 0 Å². The Labute approximate surface area is 82.7 Å². The molecule has 0 spiro atoms. The molecule has 76 valence electrons. The Kier molecular flexibility index (Phi) is 3.72. The highest BCUT2D eigenvalue weighted by Gasteiger charge is 2.06. The highest BCUT2D eigenvalue weighted by atomic mass is 16.7. The molecule has 5 heteroatoms. The number of benzene rings is 1. The Hall–Kier alpha value is -1.78. The van der Waals surface area contributed by atoms with Crippen molar-refractivity contribution in [2.45, 2.75) is 6.54 Å². The fraction of sp³-hybridized carbons (Fsp3) is 0.333. The normalized spacial score (nSPS) is 11.1.